The first kappa shape index (κ1) is 14.6. The summed E-state index contributed by atoms with van der Waals surface area (Å²) in [4.78, 5) is 0. The molecule has 1 aliphatic rings. The maximum absolute atomic E-state index is 13.3. The summed E-state index contributed by atoms with van der Waals surface area (Å²) in [6.07, 6.45) is 3.54. The van der Waals surface area contributed by atoms with Crippen molar-refractivity contribution in [3.05, 3.63) is 35.8 Å². The van der Waals surface area contributed by atoms with Crippen LogP contribution in [0.1, 0.15) is 44.8 Å². The van der Waals surface area contributed by atoms with E-state index in [-0.39, 0.29) is 5.82 Å². The van der Waals surface area contributed by atoms with Crippen molar-refractivity contribution in [2.75, 3.05) is 6.54 Å². The Balaban J connectivity index is 1.93. The molecule has 2 nitrogen and oxygen atoms in total. The van der Waals surface area contributed by atoms with Crippen LogP contribution in [0.25, 0.3) is 11.0 Å². The van der Waals surface area contributed by atoms with Crippen molar-refractivity contribution in [3.63, 3.8) is 0 Å². The van der Waals surface area contributed by atoms with Gasteiger partial charge in [-0.05, 0) is 67.8 Å². The molecule has 3 heteroatoms. The van der Waals surface area contributed by atoms with Crippen molar-refractivity contribution in [3.8, 4) is 0 Å². The monoisotopic (exact) mass is 289 g/mol. The van der Waals surface area contributed by atoms with Crippen LogP contribution in [0.15, 0.2) is 28.7 Å². The van der Waals surface area contributed by atoms with Gasteiger partial charge >= 0.3 is 0 Å². The van der Waals surface area contributed by atoms with Crippen LogP contribution in [0, 0.1) is 23.6 Å². The van der Waals surface area contributed by atoms with Crippen LogP contribution in [0.5, 0.6) is 0 Å². The first-order valence-corrected chi connectivity index (χ1v) is 7.97. The predicted octanol–water partition coefficient (Wildman–Crippen LogP) is 4.69. The molecular formula is C18H24FNO. The Morgan fingerprint density at radius 2 is 2.10 bits per heavy atom. The topological polar surface area (TPSA) is 39.2 Å². The first-order valence-electron chi connectivity index (χ1n) is 7.97. The molecule has 0 bridgehead atoms. The van der Waals surface area contributed by atoms with Gasteiger partial charge in [0.1, 0.15) is 17.2 Å². The molecule has 3 rings (SSSR count). The number of fused-ring (bicyclic) bond motifs is 1. The highest BCUT2D eigenvalue weighted by Crippen LogP contribution is 2.44. The second-order valence-corrected chi connectivity index (χ2v) is 6.75. The fourth-order valence-corrected chi connectivity index (χ4v) is 3.72. The van der Waals surface area contributed by atoms with Gasteiger partial charge in [0.2, 0.25) is 0 Å². The van der Waals surface area contributed by atoms with Crippen LogP contribution in [-0.4, -0.2) is 6.54 Å². The van der Waals surface area contributed by atoms with Gasteiger partial charge < -0.3 is 10.2 Å². The Labute approximate surface area is 125 Å². The Morgan fingerprint density at radius 3 is 2.81 bits per heavy atom. The molecule has 114 valence electrons. The van der Waals surface area contributed by atoms with Gasteiger partial charge in [0.25, 0.3) is 0 Å². The van der Waals surface area contributed by atoms with E-state index < -0.39 is 0 Å². The van der Waals surface area contributed by atoms with E-state index in [1.54, 1.807) is 12.1 Å². The number of hydrogen-bond acceptors (Lipinski definition) is 2. The van der Waals surface area contributed by atoms with E-state index in [0.29, 0.717) is 24.3 Å². The maximum atomic E-state index is 13.3. The smallest absolute Gasteiger partial charge is 0.134 e. The van der Waals surface area contributed by atoms with Gasteiger partial charge in [-0.2, -0.15) is 0 Å². The molecule has 0 aliphatic heterocycles. The molecule has 3 atom stereocenters. The molecular weight excluding hydrogens is 265 g/mol. The van der Waals surface area contributed by atoms with Gasteiger partial charge in [0.15, 0.2) is 0 Å². The Kier molecular flexibility index (Phi) is 4.03. The normalized spacial score (nSPS) is 26.6. The molecule has 0 saturated heterocycles. The van der Waals surface area contributed by atoms with Crippen molar-refractivity contribution < 1.29 is 8.81 Å². The second kappa shape index (κ2) is 5.80. The van der Waals surface area contributed by atoms with Gasteiger partial charge in [0.05, 0.1) is 0 Å². The molecule has 1 aliphatic carbocycles. The third-order valence-electron chi connectivity index (χ3n) is 5.14. The summed E-state index contributed by atoms with van der Waals surface area (Å²) in [7, 11) is 0. The van der Waals surface area contributed by atoms with Gasteiger partial charge in [-0.25, -0.2) is 4.39 Å². The van der Waals surface area contributed by atoms with Crippen molar-refractivity contribution in [2.45, 2.75) is 39.0 Å². The van der Waals surface area contributed by atoms with Crippen LogP contribution >= 0.6 is 0 Å². The van der Waals surface area contributed by atoms with Crippen molar-refractivity contribution in [1.29, 1.82) is 0 Å². The minimum Gasteiger partial charge on any atom is -0.461 e. The molecule has 21 heavy (non-hydrogen) atoms. The highest BCUT2D eigenvalue weighted by molar-refractivity contribution is 5.78. The highest BCUT2D eigenvalue weighted by atomic mass is 19.1. The number of benzene rings is 1. The molecule has 1 aromatic heterocycles. The van der Waals surface area contributed by atoms with Crippen LogP contribution < -0.4 is 5.73 Å². The number of rotatable bonds is 3. The lowest BCUT2D eigenvalue weighted by Gasteiger charge is -2.36. The number of hydrogen-bond donors (Lipinski definition) is 1. The van der Waals surface area contributed by atoms with Gasteiger partial charge in [-0.3, -0.25) is 0 Å². The molecule has 1 fully saturated rings. The lowest BCUT2D eigenvalue weighted by molar-refractivity contribution is 0.183. The van der Waals surface area contributed by atoms with E-state index in [1.165, 1.54) is 12.5 Å². The summed E-state index contributed by atoms with van der Waals surface area (Å²) in [5, 5.41) is 0.854. The average Bonchev–Trinajstić information content (AvgIpc) is 2.89. The summed E-state index contributed by atoms with van der Waals surface area (Å²) in [5.41, 5.74) is 6.74. The van der Waals surface area contributed by atoms with E-state index in [2.05, 4.69) is 13.8 Å². The molecule has 2 aromatic rings. The van der Waals surface area contributed by atoms with E-state index in [1.807, 2.05) is 6.07 Å². The molecule has 1 heterocycles. The van der Waals surface area contributed by atoms with Crippen LogP contribution in [0.4, 0.5) is 4.39 Å². The lowest BCUT2D eigenvalue weighted by Crippen LogP contribution is -2.30. The number of halogens is 1. The van der Waals surface area contributed by atoms with E-state index in [9.17, 15) is 4.39 Å². The minimum atomic E-state index is -0.214. The summed E-state index contributed by atoms with van der Waals surface area (Å²) in [6.45, 7) is 5.28. The highest BCUT2D eigenvalue weighted by Gasteiger charge is 2.34. The van der Waals surface area contributed by atoms with E-state index in [4.69, 9.17) is 10.2 Å². The zero-order valence-corrected chi connectivity index (χ0v) is 12.8. The summed E-state index contributed by atoms with van der Waals surface area (Å²) in [6, 6.07) is 6.72. The third-order valence-corrected chi connectivity index (χ3v) is 5.14. The average molecular weight is 289 g/mol. The largest absolute Gasteiger partial charge is 0.461 e. The fraction of sp³-hybridized carbons (Fsp3) is 0.556. The molecule has 1 saturated carbocycles. The quantitative estimate of drug-likeness (QED) is 0.890. The Bertz CT molecular complexity index is 619. The zero-order valence-electron chi connectivity index (χ0n) is 12.8. The van der Waals surface area contributed by atoms with Crippen LogP contribution in [0.2, 0.25) is 0 Å². The standard InChI is InChI=1S/C18H24FNO/c1-11(2)12-3-4-13(10-20)16(8-12)18-9-14-7-15(19)5-6-17(14)21-18/h5-7,9,11-13,16H,3-4,8,10,20H2,1-2H3. The van der Waals surface area contributed by atoms with Crippen molar-refractivity contribution >= 4 is 11.0 Å². The Morgan fingerprint density at radius 1 is 1.29 bits per heavy atom. The molecule has 0 radical (unpaired) electrons. The molecule has 2 N–H and O–H groups in total. The molecule has 3 unspecified atom stereocenters. The van der Waals surface area contributed by atoms with Gasteiger partial charge in [0, 0.05) is 11.3 Å². The van der Waals surface area contributed by atoms with Crippen LogP contribution in [0.3, 0.4) is 0 Å². The van der Waals surface area contributed by atoms with Gasteiger partial charge in [-0.15, -0.1) is 0 Å². The zero-order chi connectivity index (χ0) is 15.0. The SMILES string of the molecule is CC(C)C1CCC(CN)C(c2cc3cc(F)ccc3o2)C1. The summed E-state index contributed by atoms with van der Waals surface area (Å²) < 4.78 is 19.3. The number of nitrogens with two attached hydrogens (primary N) is 1. The lowest BCUT2D eigenvalue weighted by atomic mass is 9.70. The summed E-state index contributed by atoms with van der Waals surface area (Å²) in [5.74, 6) is 3.03. The summed E-state index contributed by atoms with van der Waals surface area (Å²) >= 11 is 0. The molecule has 0 spiro atoms. The van der Waals surface area contributed by atoms with E-state index >= 15 is 0 Å². The maximum Gasteiger partial charge on any atom is 0.134 e. The third kappa shape index (κ3) is 2.84. The van der Waals surface area contributed by atoms with Crippen LogP contribution in [-0.2, 0) is 0 Å². The van der Waals surface area contributed by atoms with E-state index in [0.717, 1.165) is 35.5 Å². The number of furan rings is 1. The fourth-order valence-electron chi connectivity index (χ4n) is 3.72. The van der Waals surface area contributed by atoms with Crippen molar-refractivity contribution in [1.82, 2.24) is 0 Å². The molecule has 0 amide bonds. The van der Waals surface area contributed by atoms with Gasteiger partial charge in [-0.1, -0.05) is 13.8 Å². The predicted molar refractivity (Wildman–Crippen MR) is 83.6 cm³/mol. The Hall–Kier alpha value is -1.35. The molecule has 1 aromatic carbocycles. The minimum absolute atomic E-state index is 0.214. The van der Waals surface area contributed by atoms with Crippen molar-refractivity contribution in [2.24, 2.45) is 23.5 Å². The first-order chi connectivity index (χ1) is 10.1. The second-order valence-electron chi connectivity index (χ2n) is 6.75.